The molecule has 0 aliphatic rings. The Morgan fingerprint density at radius 2 is 2.27 bits per heavy atom. The van der Waals surface area contributed by atoms with Crippen molar-refractivity contribution in [2.75, 3.05) is 12.3 Å². The number of aromatic nitrogens is 4. The Morgan fingerprint density at radius 1 is 1.36 bits per heavy atom. The van der Waals surface area contributed by atoms with Crippen LogP contribution in [-0.4, -0.2) is 38.0 Å². The predicted octanol–water partition coefficient (Wildman–Crippen LogP) is 2.41. The molecule has 0 atom stereocenters. The Balaban J connectivity index is 1.47. The maximum Gasteiger partial charge on any atom is 0.269 e. The first-order chi connectivity index (χ1) is 10.7. The minimum atomic E-state index is -0.106. The number of amides is 1. The second-order valence-corrected chi connectivity index (χ2v) is 7.15. The molecule has 0 unspecified atom stereocenters. The molecule has 6 nitrogen and oxygen atoms in total. The highest BCUT2D eigenvalue weighted by atomic mass is 32.2. The van der Waals surface area contributed by atoms with Crippen molar-refractivity contribution in [3.63, 3.8) is 0 Å². The summed E-state index contributed by atoms with van der Waals surface area (Å²) in [4.78, 5) is 12.2. The van der Waals surface area contributed by atoms with Crippen molar-refractivity contribution in [2.45, 2.75) is 17.7 Å². The highest BCUT2D eigenvalue weighted by molar-refractivity contribution is 8.01. The van der Waals surface area contributed by atoms with Crippen molar-refractivity contribution in [1.29, 1.82) is 0 Å². The number of aryl methyl sites for hydroxylation is 1. The molecule has 1 amide bonds. The van der Waals surface area contributed by atoms with Crippen LogP contribution in [0.2, 0.25) is 0 Å². The third kappa shape index (κ3) is 3.45. The van der Waals surface area contributed by atoms with E-state index in [0.29, 0.717) is 12.2 Å². The maximum absolute atomic E-state index is 12.2. The normalized spacial score (nSPS) is 11.0. The highest BCUT2D eigenvalue weighted by Gasteiger charge is 2.09. The van der Waals surface area contributed by atoms with Crippen molar-refractivity contribution in [3.8, 4) is 0 Å². The van der Waals surface area contributed by atoms with Crippen LogP contribution in [0.1, 0.15) is 21.9 Å². The van der Waals surface area contributed by atoms with Gasteiger partial charge in [-0.05, 0) is 31.5 Å². The number of pyridine rings is 1. The number of hydrogen-bond acceptors (Lipinski definition) is 6. The van der Waals surface area contributed by atoms with E-state index in [0.717, 1.165) is 27.0 Å². The van der Waals surface area contributed by atoms with Gasteiger partial charge in [-0.15, -0.1) is 10.2 Å². The molecule has 3 aromatic rings. The van der Waals surface area contributed by atoms with Gasteiger partial charge in [-0.25, -0.2) is 4.52 Å². The van der Waals surface area contributed by atoms with E-state index in [1.54, 1.807) is 39.9 Å². The molecule has 22 heavy (non-hydrogen) atoms. The Hall–Kier alpha value is -1.93. The van der Waals surface area contributed by atoms with Crippen molar-refractivity contribution < 1.29 is 4.79 Å². The van der Waals surface area contributed by atoms with E-state index < -0.39 is 0 Å². The summed E-state index contributed by atoms with van der Waals surface area (Å²) in [6.45, 7) is 2.57. The minimum absolute atomic E-state index is 0.106. The monoisotopic (exact) mass is 333 g/mol. The SMILES string of the molecule is Cc1nnc(SCCCNC(=O)c2cccc3ccnn23)s1. The van der Waals surface area contributed by atoms with Crippen LogP contribution in [0.4, 0.5) is 0 Å². The minimum Gasteiger partial charge on any atom is -0.351 e. The molecule has 3 rings (SSSR count). The summed E-state index contributed by atoms with van der Waals surface area (Å²) in [7, 11) is 0. The van der Waals surface area contributed by atoms with Crippen molar-refractivity contribution in [2.24, 2.45) is 0 Å². The molecule has 0 fully saturated rings. The molecule has 1 N–H and O–H groups in total. The molecule has 0 aliphatic carbocycles. The number of fused-ring (bicyclic) bond motifs is 1. The Morgan fingerprint density at radius 3 is 3.09 bits per heavy atom. The molecule has 0 bridgehead atoms. The van der Waals surface area contributed by atoms with Gasteiger partial charge in [0.15, 0.2) is 4.34 Å². The molecule has 0 saturated carbocycles. The molecular weight excluding hydrogens is 318 g/mol. The molecule has 0 radical (unpaired) electrons. The van der Waals surface area contributed by atoms with Crippen molar-refractivity contribution in [1.82, 2.24) is 25.1 Å². The summed E-state index contributed by atoms with van der Waals surface area (Å²) in [5, 5.41) is 16.1. The summed E-state index contributed by atoms with van der Waals surface area (Å²) < 4.78 is 2.62. The van der Waals surface area contributed by atoms with Crippen LogP contribution in [0.15, 0.2) is 34.8 Å². The van der Waals surface area contributed by atoms with E-state index in [-0.39, 0.29) is 5.91 Å². The van der Waals surface area contributed by atoms with Gasteiger partial charge in [0.25, 0.3) is 5.91 Å². The van der Waals surface area contributed by atoms with E-state index >= 15 is 0 Å². The van der Waals surface area contributed by atoms with Crippen LogP contribution in [-0.2, 0) is 0 Å². The first-order valence-corrected chi connectivity index (χ1v) is 8.68. The quantitative estimate of drug-likeness (QED) is 0.554. The lowest BCUT2D eigenvalue weighted by Crippen LogP contribution is -2.26. The molecule has 0 aromatic carbocycles. The summed E-state index contributed by atoms with van der Waals surface area (Å²) >= 11 is 3.26. The Kier molecular flexibility index (Phi) is 4.69. The number of rotatable bonds is 6. The number of carbonyl (C=O) groups excluding carboxylic acids is 1. The summed E-state index contributed by atoms with van der Waals surface area (Å²) in [5.74, 6) is 0.798. The molecule has 0 spiro atoms. The fourth-order valence-electron chi connectivity index (χ4n) is 1.98. The van der Waals surface area contributed by atoms with Crippen LogP contribution in [0.3, 0.4) is 0 Å². The van der Waals surface area contributed by atoms with Gasteiger partial charge in [0, 0.05) is 12.3 Å². The van der Waals surface area contributed by atoms with Gasteiger partial charge in [0.1, 0.15) is 10.7 Å². The van der Waals surface area contributed by atoms with E-state index in [2.05, 4.69) is 20.6 Å². The number of nitrogens with one attached hydrogen (secondary N) is 1. The zero-order valence-electron chi connectivity index (χ0n) is 12.0. The van der Waals surface area contributed by atoms with Gasteiger partial charge in [0.05, 0.1) is 11.7 Å². The summed E-state index contributed by atoms with van der Waals surface area (Å²) in [5.41, 5.74) is 1.46. The van der Waals surface area contributed by atoms with Crippen LogP contribution in [0.25, 0.3) is 5.52 Å². The number of carbonyl (C=O) groups is 1. The zero-order chi connectivity index (χ0) is 15.4. The largest absolute Gasteiger partial charge is 0.351 e. The van der Waals surface area contributed by atoms with Gasteiger partial charge in [0.2, 0.25) is 0 Å². The molecular formula is C14H15N5OS2. The van der Waals surface area contributed by atoms with Crippen LogP contribution >= 0.6 is 23.1 Å². The molecule has 8 heteroatoms. The van der Waals surface area contributed by atoms with Gasteiger partial charge >= 0.3 is 0 Å². The number of nitrogens with zero attached hydrogens (tertiary/aromatic N) is 4. The van der Waals surface area contributed by atoms with E-state index in [9.17, 15) is 4.79 Å². The molecule has 114 valence electrons. The van der Waals surface area contributed by atoms with Gasteiger partial charge in [-0.2, -0.15) is 5.10 Å². The molecule has 3 heterocycles. The van der Waals surface area contributed by atoms with Gasteiger partial charge < -0.3 is 5.32 Å². The van der Waals surface area contributed by atoms with E-state index in [4.69, 9.17) is 0 Å². The number of hydrogen-bond donors (Lipinski definition) is 1. The molecule has 3 aromatic heterocycles. The van der Waals surface area contributed by atoms with Crippen LogP contribution < -0.4 is 5.32 Å². The Labute approximate surface area is 136 Å². The van der Waals surface area contributed by atoms with E-state index in [1.165, 1.54) is 0 Å². The lowest BCUT2D eigenvalue weighted by molar-refractivity contribution is 0.0946. The fourth-order valence-corrected chi connectivity index (χ4v) is 3.81. The van der Waals surface area contributed by atoms with Gasteiger partial charge in [-0.1, -0.05) is 29.2 Å². The summed E-state index contributed by atoms with van der Waals surface area (Å²) in [6, 6.07) is 7.43. The maximum atomic E-state index is 12.2. The summed E-state index contributed by atoms with van der Waals surface area (Å²) in [6.07, 6.45) is 2.57. The van der Waals surface area contributed by atoms with Gasteiger partial charge in [-0.3, -0.25) is 4.79 Å². The van der Waals surface area contributed by atoms with Crippen molar-refractivity contribution >= 4 is 34.5 Å². The standard InChI is InChI=1S/C14H15N5OS2/c1-10-17-18-14(22-10)21-9-3-7-15-13(20)12-5-2-4-11-6-8-16-19(11)12/h2,4-6,8H,3,7,9H2,1H3,(H,15,20). The van der Waals surface area contributed by atoms with Crippen LogP contribution in [0, 0.1) is 6.92 Å². The predicted molar refractivity (Wildman–Crippen MR) is 87.5 cm³/mol. The third-order valence-corrected chi connectivity index (χ3v) is 5.05. The second-order valence-electron chi connectivity index (χ2n) is 4.62. The lowest BCUT2D eigenvalue weighted by atomic mass is 10.3. The number of thioether (sulfide) groups is 1. The highest BCUT2D eigenvalue weighted by Crippen LogP contribution is 2.21. The first kappa shape index (κ1) is 15.0. The smallest absolute Gasteiger partial charge is 0.269 e. The fraction of sp³-hybridized carbons (Fsp3) is 0.286. The molecule has 0 saturated heterocycles. The first-order valence-electron chi connectivity index (χ1n) is 6.88. The Bertz CT molecular complexity index is 782. The van der Waals surface area contributed by atoms with Crippen molar-refractivity contribution in [3.05, 3.63) is 41.2 Å². The lowest BCUT2D eigenvalue weighted by Gasteiger charge is -2.06. The third-order valence-electron chi connectivity index (χ3n) is 2.99. The second kappa shape index (κ2) is 6.89. The average Bonchev–Trinajstić information content (AvgIpc) is 3.15. The average molecular weight is 333 g/mol. The zero-order valence-corrected chi connectivity index (χ0v) is 13.7. The molecule has 0 aliphatic heterocycles. The van der Waals surface area contributed by atoms with Crippen LogP contribution in [0.5, 0.6) is 0 Å². The van der Waals surface area contributed by atoms with E-state index in [1.807, 2.05) is 25.1 Å². The topological polar surface area (TPSA) is 72.2 Å².